The van der Waals surface area contributed by atoms with Gasteiger partial charge in [-0.3, -0.25) is 14.8 Å². The highest BCUT2D eigenvalue weighted by atomic mass is 32.2. The number of aromatic nitrogens is 1. The molecule has 250 valence electrons. The summed E-state index contributed by atoms with van der Waals surface area (Å²) in [4.78, 5) is 16.6. The summed E-state index contributed by atoms with van der Waals surface area (Å²) < 4.78 is 34.5. The Bertz CT molecular complexity index is 1580. The number of ether oxygens (including phenoxy) is 1. The van der Waals surface area contributed by atoms with Crippen LogP contribution in [0.5, 0.6) is 5.75 Å². The zero-order valence-electron chi connectivity index (χ0n) is 28.2. The summed E-state index contributed by atoms with van der Waals surface area (Å²) in [6.07, 6.45) is 8.27. The number of piperidine rings is 2. The fourth-order valence-electron chi connectivity index (χ4n) is 7.48. The Morgan fingerprint density at radius 3 is 1.98 bits per heavy atom. The third-order valence-corrected chi connectivity index (χ3v) is 12.5. The standard InChI is InChI=1S/C36H51N5O3S2/c1-6-38-17-13-27(14-18-38)39-21-23-40(24-22-39)28-15-19-41(20-16-28)35-32-25-30(45-5)9-12-33(32)37-26-34(35)46(42,43)31-10-7-29(8-11-31)44-36(2,3)4/h7-12,25-28H,6,13-24H2,1-5H3. The maximum Gasteiger partial charge on any atom is 0.210 e. The van der Waals surface area contributed by atoms with E-state index in [9.17, 15) is 8.42 Å². The monoisotopic (exact) mass is 665 g/mol. The van der Waals surface area contributed by atoms with Gasteiger partial charge in [0.25, 0.3) is 0 Å². The summed E-state index contributed by atoms with van der Waals surface area (Å²) in [5.74, 6) is 0.651. The molecule has 0 bridgehead atoms. The minimum Gasteiger partial charge on any atom is -0.488 e. The highest BCUT2D eigenvalue weighted by Crippen LogP contribution is 2.39. The fourth-order valence-corrected chi connectivity index (χ4v) is 9.35. The third kappa shape index (κ3) is 7.36. The molecule has 4 heterocycles. The van der Waals surface area contributed by atoms with Crippen molar-refractivity contribution >= 4 is 38.2 Å². The van der Waals surface area contributed by atoms with Gasteiger partial charge in [-0.25, -0.2) is 8.42 Å². The second-order valence-corrected chi connectivity index (χ2v) is 16.8. The minimum atomic E-state index is -3.83. The lowest BCUT2D eigenvalue weighted by molar-refractivity contribution is 0.0384. The van der Waals surface area contributed by atoms with Gasteiger partial charge < -0.3 is 14.5 Å². The molecule has 0 atom stereocenters. The maximum atomic E-state index is 14.3. The SMILES string of the molecule is CCN1CCC(N2CCN(C3CCN(c4c(S(=O)(=O)c5ccc(OC(C)(C)C)cc5)cnc5ccc(SC)cc45)CC3)CC2)CC1. The molecular weight excluding hydrogens is 615 g/mol. The topological polar surface area (TPSA) is 69.2 Å². The molecule has 10 heteroatoms. The molecule has 3 aliphatic heterocycles. The van der Waals surface area contributed by atoms with Crippen molar-refractivity contribution in [3.63, 3.8) is 0 Å². The number of rotatable bonds is 8. The Hall–Kier alpha value is -2.37. The summed E-state index contributed by atoms with van der Waals surface area (Å²) in [5.41, 5.74) is 1.25. The van der Waals surface area contributed by atoms with E-state index < -0.39 is 9.84 Å². The average Bonchev–Trinajstić information content (AvgIpc) is 3.07. The molecule has 3 saturated heterocycles. The van der Waals surface area contributed by atoms with Crippen LogP contribution in [-0.4, -0.2) is 111 Å². The molecule has 0 N–H and O–H groups in total. The van der Waals surface area contributed by atoms with Crippen molar-refractivity contribution in [1.82, 2.24) is 19.7 Å². The van der Waals surface area contributed by atoms with Crippen LogP contribution in [0.4, 0.5) is 5.69 Å². The van der Waals surface area contributed by atoms with Crippen molar-refractivity contribution in [3.05, 3.63) is 48.7 Å². The van der Waals surface area contributed by atoms with E-state index in [2.05, 4.69) is 49.9 Å². The number of likely N-dealkylation sites (tertiary alicyclic amines) is 1. The smallest absolute Gasteiger partial charge is 0.210 e. The number of anilines is 1. The van der Waals surface area contributed by atoms with Gasteiger partial charge in [0.2, 0.25) is 9.84 Å². The number of hydrogen-bond donors (Lipinski definition) is 0. The molecule has 46 heavy (non-hydrogen) atoms. The summed E-state index contributed by atoms with van der Waals surface area (Å²) >= 11 is 1.66. The predicted octanol–water partition coefficient (Wildman–Crippen LogP) is 6.04. The van der Waals surface area contributed by atoms with Crippen LogP contribution in [0.3, 0.4) is 0 Å². The molecular formula is C36H51N5O3S2. The predicted molar refractivity (Wildman–Crippen MR) is 189 cm³/mol. The lowest BCUT2D eigenvalue weighted by Gasteiger charge is -2.46. The van der Waals surface area contributed by atoms with E-state index >= 15 is 0 Å². The van der Waals surface area contributed by atoms with Gasteiger partial charge in [-0.15, -0.1) is 11.8 Å². The maximum absolute atomic E-state index is 14.3. The molecule has 1 aromatic heterocycles. The van der Waals surface area contributed by atoms with E-state index in [4.69, 9.17) is 4.74 Å². The Kier molecular flexibility index (Phi) is 10.2. The number of hydrogen-bond acceptors (Lipinski definition) is 9. The van der Waals surface area contributed by atoms with Gasteiger partial charge >= 0.3 is 0 Å². The van der Waals surface area contributed by atoms with Crippen molar-refractivity contribution in [2.24, 2.45) is 0 Å². The first-order chi connectivity index (χ1) is 22.1. The van der Waals surface area contributed by atoms with E-state index in [1.54, 1.807) is 42.2 Å². The zero-order chi connectivity index (χ0) is 32.5. The molecule has 0 amide bonds. The normalized spacial score (nSPS) is 20.4. The van der Waals surface area contributed by atoms with Crippen LogP contribution in [0, 0.1) is 0 Å². The second kappa shape index (κ2) is 14.0. The van der Waals surface area contributed by atoms with Crippen molar-refractivity contribution in [3.8, 4) is 5.75 Å². The third-order valence-electron chi connectivity index (χ3n) is 10.0. The van der Waals surface area contributed by atoms with E-state index in [1.807, 2.05) is 26.8 Å². The molecule has 8 nitrogen and oxygen atoms in total. The van der Waals surface area contributed by atoms with Gasteiger partial charge in [0.1, 0.15) is 16.2 Å². The quantitative estimate of drug-likeness (QED) is 0.268. The van der Waals surface area contributed by atoms with Crippen molar-refractivity contribution in [2.75, 3.05) is 70.1 Å². The van der Waals surface area contributed by atoms with Crippen LogP contribution in [0.2, 0.25) is 0 Å². The van der Waals surface area contributed by atoms with Crippen molar-refractivity contribution < 1.29 is 13.2 Å². The number of piperazine rings is 1. The molecule has 3 fully saturated rings. The molecule has 3 aliphatic rings. The van der Waals surface area contributed by atoms with Gasteiger partial charge in [-0.2, -0.15) is 0 Å². The lowest BCUT2D eigenvalue weighted by Crippen LogP contribution is -2.56. The van der Waals surface area contributed by atoms with E-state index in [0.717, 1.165) is 79.6 Å². The van der Waals surface area contributed by atoms with Crippen LogP contribution >= 0.6 is 11.8 Å². The number of thioether (sulfide) groups is 1. The Morgan fingerprint density at radius 2 is 1.43 bits per heavy atom. The Morgan fingerprint density at radius 1 is 0.848 bits per heavy atom. The number of sulfone groups is 1. The molecule has 0 saturated carbocycles. The minimum absolute atomic E-state index is 0.255. The van der Waals surface area contributed by atoms with Gasteiger partial charge in [0, 0.05) is 67.8 Å². The molecule has 3 aromatic rings. The zero-order valence-corrected chi connectivity index (χ0v) is 29.9. The molecule has 0 radical (unpaired) electrons. The van der Waals surface area contributed by atoms with Crippen molar-refractivity contribution in [1.29, 1.82) is 0 Å². The van der Waals surface area contributed by atoms with E-state index in [0.29, 0.717) is 11.8 Å². The molecule has 6 rings (SSSR count). The Balaban J connectivity index is 1.20. The second-order valence-electron chi connectivity index (χ2n) is 14.0. The summed E-state index contributed by atoms with van der Waals surface area (Å²) in [6.45, 7) is 18.1. The first kappa shape index (κ1) is 33.5. The Labute approximate surface area is 280 Å². The van der Waals surface area contributed by atoms with E-state index in [1.165, 1.54) is 32.5 Å². The molecule has 2 aromatic carbocycles. The van der Waals surface area contributed by atoms with Crippen LogP contribution in [0.25, 0.3) is 10.9 Å². The number of pyridine rings is 1. The molecule has 0 unspecified atom stereocenters. The van der Waals surface area contributed by atoms with Gasteiger partial charge in [0.15, 0.2) is 0 Å². The highest BCUT2D eigenvalue weighted by molar-refractivity contribution is 7.98. The van der Waals surface area contributed by atoms with E-state index in [-0.39, 0.29) is 15.4 Å². The first-order valence-electron chi connectivity index (χ1n) is 17.0. The van der Waals surface area contributed by atoms with Crippen LogP contribution in [0.15, 0.2) is 63.3 Å². The first-order valence-corrected chi connectivity index (χ1v) is 19.7. The summed E-state index contributed by atoms with van der Waals surface area (Å²) in [5, 5.41) is 0.904. The average molecular weight is 666 g/mol. The molecule has 0 spiro atoms. The van der Waals surface area contributed by atoms with Crippen molar-refractivity contribution in [2.45, 2.75) is 85.7 Å². The van der Waals surface area contributed by atoms with Crippen LogP contribution in [0.1, 0.15) is 53.4 Å². The van der Waals surface area contributed by atoms with Crippen LogP contribution in [-0.2, 0) is 9.84 Å². The fraction of sp³-hybridized carbons (Fsp3) is 0.583. The largest absolute Gasteiger partial charge is 0.488 e. The number of nitrogens with zero attached hydrogens (tertiary/aromatic N) is 5. The lowest BCUT2D eigenvalue weighted by atomic mass is 9.99. The molecule has 0 aliphatic carbocycles. The van der Waals surface area contributed by atoms with Crippen LogP contribution < -0.4 is 9.64 Å². The van der Waals surface area contributed by atoms with Gasteiger partial charge in [-0.05, 0) is 115 Å². The summed E-state index contributed by atoms with van der Waals surface area (Å²) in [6, 6.07) is 14.3. The highest BCUT2D eigenvalue weighted by Gasteiger charge is 2.34. The van der Waals surface area contributed by atoms with Gasteiger partial charge in [-0.1, -0.05) is 6.92 Å². The van der Waals surface area contributed by atoms with Gasteiger partial charge in [0.05, 0.1) is 16.1 Å². The summed E-state index contributed by atoms with van der Waals surface area (Å²) in [7, 11) is -3.83. The number of fused-ring (bicyclic) bond motifs is 1. The number of benzene rings is 2.